The van der Waals surface area contributed by atoms with E-state index in [1.54, 1.807) is 24.4 Å². The number of fused-ring (bicyclic) bond motifs is 2. The number of carboxylic acids is 1. The molecule has 7 heteroatoms. The Hall–Kier alpha value is -4.18. The average molecular weight is 468 g/mol. The smallest absolute Gasteiger partial charge is 0.303 e. The number of anilines is 1. The van der Waals surface area contributed by atoms with Crippen molar-refractivity contribution in [2.75, 3.05) is 11.9 Å². The molecular weight excluding hydrogens is 442 g/mol. The van der Waals surface area contributed by atoms with Crippen molar-refractivity contribution >= 4 is 23.3 Å². The second-order valence-corrected chi connectivity index (χ2v) is 9.13. The van der Waals surface area contributed by atoms with E-state index in [1.165, 1.54) is 0 Å². The third-order valence-electron chi connectivity index (χ3n) is 6.99. The Morgan fingerprint density at radius 2 is 2.09 bits per heavy atom. The van der Waals surface area contributed by atoms with Crippen LogP contribution < -0.4 is 10.1 Å². The van der Waals surface area contributed by atoms with Crippen LogP contribution in [0.15, 0.2) is 60.8 Å². The number of amides is 1. The quantitative estimate of drug-likeness (QED) is 0.455. The Morgan fingerprint density at radius 1 is 1.20 bits per heavy atom. The minimum Gasteiger partial charge on any atom is -0.493 e. The number of aromatic nitrogens is 1. The molecule has 1 amide bonds. The topological polar surface area (TPSA) is 92.9 Å². The maximum Gasteiger partial charge on any atom is 0.303 e. The molecule has 2 atom stereocenters. The number of nitrogens with one attached hydrogen (secondary N) is 1. The second kappa shape index (κ2) is 9.22. The zero-order chi connectivity index (χ0) is 24.4. The number of hydrogen-bond donors (Lipinski definition) is 2. The Kier molecular flexibility index (Phi) is 5.96. The first-order chi connectivity index (χ1) is 17.0. The Morgan fingerprint density at radius 3 is 2.86 bits per heavy atom. The summed E-state index contributed by atoms with van der Waals surface area (Å²) >= 11 is 0. The molecule has 2 aliphatic rings. The molecule has 3 aromatic rings. The van der Waals surface area contributed by atoms with Crippen LogP contribution in [0.3, 0.4) is 0 Å². The number of hydrogen-bond acceptors (Lipinski definition) is 4. The van der Waals surface area contributed by atoms with E-state index in [1.807, 2.05) is 30.3 Å². The van der Waals surface area contributed by atoms with Crippen molar-refractivity contribution in [1.29, 1.82) is 0 Å². The van der Waals surface area contributed by atoms with Gasteiger partial charge in [0.2, 0.25) is 5.91 Å². The van der Waals surface area contributed by atoms with Gasteiger partial charge in [0.25, 0.3) is 0 Å². The first-order valence-electron chi connectivity index (χ1n) is 11.7. The third-order valence-corrected chi connectivity index (χ3v) is 6.99. The Bertz CT molecular complexity index is 1330. The van der Waals surface area contributed by atoms with Gasteiger partial charge in [-0.3, -0.25) is 14.6 Å². The predicted octanol–water partition coefficient (Wildman–Crippen LogP) is 5.39. The molecule has 1 fully saturated rings. The van der Waals surface area contributed by atoms with E-state index in [4.69, 9.17) is 16.4 Å². The lowest BCUT2D eigenvalue weighted by Gasteiger charge is -2.27. The molecule has 7 nitrogen and oxygen atoms in total. The van der Waals surface area contributed by atoms with Crippen LogP contribution in [0.1, 0.15) is 36.8 Å². The molecule has 1 aliphatic heterocycles. The van der Waals surface area contributed by atoms with Crippen LogP contribution in [0.2, 0.25) is 0 Å². The minimum atomic E-state index is -0.850. The largest absolute Gasteiger partial charge is 0.493 e. The number of aryl methyl sites for hydroxylation is 1. The van der Waals surface area contributed by atoms with Crippen molar-refractivity contribution in [2.45, 2.75) is 37.5 Å². The van der Waals surface area contributed by atoms with Gasteiger partial charge < -0.3 is 15.2 Å². The Labute approximate surface area is 203 Å². The summed E-state index contributed by atoms with van der Waals surface area (Å²) in [6, 6.07) is 17.0. The van der Waals surface area contributed by atoms with Gasteiger partial charge in [-0.2, -0.15) is 0 Å². The summed E-state index contributed by atoms with van der Waals surface area (Å²) in [4.78, 5) is 32.3. The molecule has 5 rings (SSSR count). The standard InChI is InChI=1S/C28H25N3O4/c1-29-20-10-8-18(5-4-7-26(32)33)24(16-20)31-27(34)22-17-28(22)12-14-35-25-11-9-19(15-21(25)28)23-6-2-3-13-30-23/h2-3,6,8-11,13,15-16,22H,4-5,7,12,14,17H2,(H,31,34)(H,32,33)/t22-,28-/m0/s1. The molecule has 35 heavy (non-hydrogen) atoms. The summed E-state index contributed by atoms with van der Waals surface area (Å²) in [5.41, 5.74) is 4.50. The summed E-state index contributed by atoms with van der Waals surface area (Å²) in [6.45, 7) is 7.89. The molecule has 1 aromatic heterocycles. The lowest BCUT2D eigenvalue weighted by molar-refractivity contribution is -0.137. The molecule has 0 bridgehead atoms. The van der Waals surface area contributed by atoms with Crippen LogP contribution in [-0.4, -0.2) is 28.6 Å². The highest BCUT2D eigenvalue weighted by Gasteiger charge is 2.61. The average Bonchev–Trinajstić information content (AvgIpc) is 3.60. The summed E-state index contributed by atoms with van der Waals surface area (Å²) in [6.07, 6.45) is 4.29. The second-order valence-electron chi connectivity index (χ2n) is 9.13. The first kappa shape index (κ1) is 22.6. The molecule has 1 spiro atoms. The molecule has 0 radical (unpaired) electrons. The number of benzene rings is 2. The van der Waals surface area contributed by atoms with E-state index >= 15 is 0 Å². The van der Waals surface area contributed by atoms with E-state index in [0.29, 0.717) is 30.8 Å². The molecule has 2 N–H and O–H groups in total. The molecular formula is C28H25N3O4. The molecule has 2 aromatic carbocycles. The highest BCUT2D eigenvalue weighted by molar-refractivity contribution is 5.97. The number of carbonyl (C=O) groups excluding carboxylic acids is 1. The lowest BCUT2D eigenvalue weighted by atomic mass is 9.86. The van der Waals surface area contributed by atoms with Gasteiger partial charge in [0.05, 0.1) is 18.9 Å². The number of carbonyl (C=O) groups is 2. The predicted molar refractivity (Wildman–Crippen MR) is 131 cm³/mol. The summed E-state index contributed by atoms with van der Waals surface area (Å²) in [5.74, 6) is -0.317. The summed E-state index contributed by atoms with van der Waals surface area (Å²) < 4.78 is 5.92. The minimum absolute atomic E-state index is 0.0546. The third kappa shape index (κ3) is 4.47. The van der Waals surface area contributed by atoms with Gasteiger partial charge in [-0.05, 0) is 67.6 Å². The van der Waals surface area contributed by atoms with Crippen LogP contribution >= 0.6 is 0 Å². The number of nitrogens with zero attached hydrogens (tertiary/aromatic N) is 2. The van der Waals surface area contributed by atoms with Gasteiger partial charge in [-0.1, -0.05) is 18.2 Å². The van der Waals surface area contributed by atoms with Crippen molar-refractivity contribution in [1.82, 2.24) is 4.98 Å². The normalized spacial score (nSPS) is 19.8. The number of ether oxygens (including phenoxy) is 1. The summed E-state index contributed by atoms with van der Waals surface area (Å²) in [5, 5.41) is 12.0. The van der Waals surface area contributed by atoms with Crippen molar-refractivity contribution in [3.63, 3.8) is 0 Å². The maximum atomic E-state index is 13.4. The fraction of sp³-hybridized carbons (Fsp3) is 0.286. The monoisotopic (exact) mass is 467 g/mol. The molecule has 1 aliphatic carbocycles. The molecule has 0 unspecified atom stereocenters. The van der Waals surface area contributed by atoms with Gasteiger partial charge in [-0.15, -0.1) is 0 Å². The highest BCUT2D eigenvalue weighted by atomic mass is 16.5. The van der Waals surface area contributed by atoms with Gasteiger partial charge >= 0.3 is 5.97 Å². The van der Waals surface area contributed by atoms with E-state index in [-0.39, 0.29) is 23.7 Å². The van der Waals surface area contributed by atoms with Crippen LogP contribution in [0, 0.1) is 12.5 Å². The van der Waals surface area contributed by atoms with Gasteiger partial charge in [0.15, 0.2) is 5.69 Å². The van der Waals surface area contributed by atoms with E-state index in [2.05, 4.69) is 21.2 Å². The molecule has 176 valence electrons. The van der Waals surface area contributed by atoms with Crippen molar-refractivity contribution < 1.29 is 19.4 Å². The van der Waals surface area contributed by atoms with Gasteiger partial charge in [0, 0.05) is 40.8 Å². The van der Waals surface area contributed by atoms with Gasteiger partial charge in [0.1, 0.15) is 5.75 Å². The maximum absolute atomic E-state index is 13.4. The van der Waals surface area contributed by atoms with Crippen LogP contribution in [0.25, 0.3) is 16.1 Å². The first-order valence-corrected chi connectivity index (χ1v) is 11.7. The van der Waals surface area contributed by atoms with Crippen LogP contribution in [-0.2, 0) is 21.4 Å². The number of carboxylic acid groups (broad SMARTS) is 1. The van der Waals surface area contributed by atoms with Gasteiger partial charge in [-0.25, -0.2) is 4.85 Å². The number of aliphatic carboxylic acids is 1. The molecule has 2 heterocycles. The van der Waals surface area contributed by atoms with Crippen molar-refractivity contribution in [3.05, 3.63) is 83.3 Å². The van der Waals surface area contributed by atoms with E-state index < -0.39 is 5.97 Å². The number of rotatable bonds is 7. The lowest BCUT2D eigenvalue weighted by Crippen LogP contribution is -2.27. The van der Waals surface area contributed by atoms with E-state index in [0.717, 1.165) is 41.0 Å². The van der Waals surface area contributed by atoms with E-state index in [9.17, 15) is 9.59 Å². The fourth-order valence-corrected chi connectivity index (χ4v) is 5.06. The zero-order valence-corrected chi connectivity index (χ0v) is 19.2. The summed E-state index contributed by atoms with van der Waals surface area (Å²) in [7, 11) is 0. The zero-order valence-electron chi connectivity index (χ0n) is 19.2. The van der Waals surface area contributed by atoms with Crippen LogP contribution in [0.5, 0.6) is 5.75 Å². The highest BCUT2D eigenvalue weighted by Crippen LogP contribution is 2.61. The molecule has 1 saturated carbocycles. The fourth-order valence-electron chi connectivity index (χ4n) is 5.06. The van der Waals surface area contributed by atoms with Crippen molar-refractivity contribution in [3.8, 4) is 17.0 Å². The Balaban J connectivity index is 1.38. The van der Waals surface area contributed by atoms with Crippen molar-refractivity contribution in [2.24, 2.45) is 5.92 Å². The number of pyridine rings is 1. The molecule has 0 saturated heterocycles. The SMILES string of the molecule is [C-]#[N+]c1ccc(CCCC(=O)O)c(NC(=O)[C@@H]2C[C@]23CCOc2ccc(-c4ccccn4)cc23)c1. The van der Waals surface area contributed by atoms with Crippen LogP contribution in [0.4, 0.5) is 11.4 Å².